The minimum absolute atomic E-state index is 0.0351. The van der Waals surface area contributed by atoms with Gasteiger partial charge in [-0.25, -0.2) is 9.97 Å². The highest BCUT2D eigenvalue weighted by atomic mass is 16.6. The number of carbonyl (C=O) groups is 2. The molecule has 10 nitrogen and oxygen atoms in total. The Balaban J connectivity index is 1.92. The number of aromatic nitrogens is 4. The molecule has 0 aliphatic rings. The molecule has 0 spiro atoms. The van der Waals surface area contributed by atoms with Crippen molar-refractivity contribution in [1.29, 1.82) is 5.26 Å². The molecule has 1 amide bonds. The quantitative estimate of drug-likeness (QED) is 0.624. The number of nitrogens with zero attached hydrogens (tertiary/aromatic N) is 5. The van der Waals surface area contributed by atoms with Gasteiger partial charge in [-0.2, -0.15) is 10.4 Å². The number of hydrogen-bond donors (Lipinski definition) is 2. The summed E-state index contributed by atoms with van der Waals surface area (Å²) < 4.78 is 6.69. The topological polar surface area (TPSA) is 149 Å². The maximum atomic E-state index is 12.2. The van der Waals surface area contributed by atoms with Crippen molar-refractivity contribution in [2.75, 3.05) is 5.32 Å². The van der Waals surface area contributed by atoms with Crippen LogP contribution in [0, 0.1) is 11.3 Å². The standard InChI is InChI=1S/C19H19N7O3/c1-19(2,3)29-15(27)10-26-14-5-4-12(6-13(14)16(25-26)17(21)28)24-18-22-8-11(7-20)9-23-18/h4-6,8-9H,10H2,1-3H3,(H2,21,28)(H,22,23,24). The average Bonchev–Trinajstić information content (AvgIpc) is 2.99. The number of benzene rings is 1. The number of hydrogen-bond acceptors (Lipinski definition) is 8. The molecule has 3 rings (SSSR count). The lowest BCUT2D eigenvalue weighted by Gasteiger charge is -2.19. The molecule has 148 valence electrons. The maximum absolute atomic E-state index is 12.2. The maximum Gasteiger partial charge on any atom is 0.328 e. The van der Waals surface area contributed by atoms with Gasteiger partial charge in [-0.1, -0.05) is 0 Å². The summed E-state index contributed by atoms with van der Waals surface area (Å²) in [6, 6.07) is 7.03. The molecule has 3 N–H and O–H groups in total. The molecule has 0 aliphatic carbocycles. The van der Waals surface area contributed by atoms with Gasteiger partial charge in [0.25, 0.3) is 5.91 Å². The third-order valence-electron chi connectivity index (χ3n) is 3.72. The van der Waals surface area contributed by atoms with Crippen molar-refractivity contribution >= 4 is 34.4 Å². The number of nitriles is 1. The first-order valence-electron chi connectivity index (χ1n) is 8.67. The van der Waals surface area contributed by atoms with Crippen LogP contribution in [0.25, 0.3) is 10.9 Å². The molecule has 2 aromatic heterocycles. The van der Waals surface area contributed by atoms with Crippen molar-refractivity contribution in [2.24, 2.45) is 5.73 Å². The number of fused-ring (bicyclic) bond motifs is 1. The first-order chi connectivity index (χ1) is 13.7. The summed E-state index contributed by atoms with van der Waals surface area (Å²) in [5, 5.41) is 16.4. The first kappa shape index (κ1) is 19.8. The number of amides is 1. The molecule has 0 fully saturated rings. The van der Waals surface area contributed by atoms with Gasteiger partial charge in [-0.15, -0.1) is 0 Å². The number of rotatable bonds is 5. The zero-order valence-electron chi connectivity index (χ0n) is 16.1. The minimum atomic E-state index is -0.718. The summed E-state index contributed by atoms with van der Waals surface area (Å²) in [5.74, 6) is -0.916. The lowest BCUT2D eigenvalue weighted by molar-refractivity contribution is -0.155. The number of ether oxygens (including phenoxy) is 1. The highest BCUT2D eigenvalue weighted by Gasteiger charge is 2.21. The fourth-order valence-corrected chi connectivity index (χ4v) is 2.64. The molecule has 10 heteroatoms. The second-order valence-electron chi connectivity index (χ2n) is 7.22. The van der Waals surface area contributed by atoms with Gasteiger partial charge in [-0.05, 0) is 39.0 Å². The van der Waals surface area contributed by atoms with Gasteiger partial charge >= 0.3 is 5.97 Å². The third-order valence-corrected chi connectivity index (χ3v) is 3.72. The monoisotopic (exact) mass is 393 g/mol. The van der Waals surface area contributed by atoms with Crippen LogP contribution in [-0.4, -0.2) is 37.2 Å². The van der Waals surface area contributed by atoms with Crippen LogP contribution in [0.15, 0.2) is 30.6 Å². The SMILES string of the molecule is CC(C)(C)OC(=O)Cn1nc(C(N)=O)c2cc(Nc3ncc(C#N)cn3)ccc21. The fourth-order valence-electron chi connectivity index (χ4n) is 2.64. The van der Waals surface area contributed by atoms with Gasteiger partial charge in [0.15, 0.2) is 5.69 Å². The normalized spacial score (nSPS) is 11.1. The van der Waals surface area contributed by atoms with Crippen LogP contribution >= 0.6 is 0 Å². The molecule has 0 saturated carbocycles. The summed E-state index contributed by atoms with van der Waals surface area (Å²) in [6.07, 6.45) is 2.78. The van der Waals surface area contributed by atoms with Gasteiger partial charge in [0.1, 0.15) is 18.2 Å². The number of carbonyl (C=O) groups excluding carboxylic acids is 2. The molecule has 29 heavy (non-hydrogen) atoms. The number of esters is 1. The molecule has 2 heterocycles. The molecule has 0 unspecified atom stereocenters. The van der Waals surface area contributed by atoms with Crippen LogP contribution in [0.4, 0.5) is 11.6 Å². The largest absolute Gasteiger partial charge is 0.459 e. The van der Waals surface area contributed by atoms with Crippen LogP contribution in [-0.2, 0) is 16.1 Å². The number of nitrogens with two attached hydrogens (primary N) is 1. The van der Waals surface area contributed by atoms with E-state index < -0.39 is 17.5 Å². The van der Waals surface area contributed by atoms with Crippen LogP contribution in [0.2, 0.25) is 0 Å². The highest BCUT2D eigenvalue weighted by Crippen LogP contribution is 2.24. The van der Waals surface area contributed by atoms with Crippen molar-refractivity contribution < 1.29 is 14.3 Å². The van der Waals surface area contributed by atoms with Crippen molar-refractivity contribution in [3.8, 4) is 6.07 Å². The van der Waals surface area contributed by atoms with Crippen molar-refractivity contribution in [2.45, 2.75) is 32.9 Å². The number of primary amides is 1. The van der Waals surface area contributed by atoms with E-state index in [1.807, 2.05) is 6.07 Å². The van der Waals surface area contributed by atoms with E-state index in [1.165, 1.54) is 17.1 Å². The Morgan fingerprint density at radius 3 is 2.55 bits per heavy atom. The van der Waals surface area contributed by atoms with Crippen molar-refractivity contribution in [3.63, 3.8) is 0 Å². The summed E-state index contributed by atoms with van der Waals surface area (Å²) in [6.45, 7) is 5.14. The molecule has 0 saturated heterocycles. The van der Waals surface area contributed by atoms with Crippen LogP contribution in [0.3, 0.4) is 0 Å². The Bertz CT molecular complexity index is 1120. The van der Waals surface area contributed by atoms with E-state index in [2.05, 4.69) is 20.4 Å². The molecule has 0 aliphatic heterocycles. The van der Waals surface area contributed by atoms with E-state index in [9.17, 15) is 9.59 Å². The highest BCUT2D eigenvalue weighted by molar-refractivity contribution is 6.05. The van der Waals surface area contributed by atoms with Crippen molar-refractivity contribution in [3.05, 3.63) is 41.9 Å². The van der Waals surface area contributed by atoms with E-state index in [0.29, 0.717) is 22.2 Å². The van der Waals surface area contributed by atoms with E-state index in [-0.39, 0.29) is 18.2 Å². The van der Waals surface area contributed by atoms with Crippen molar-refractivity contribution in [1.82, 2.24) is 19.7 Å². The van der Waals surface area contributed by atoms with E-state index >= 15 is 0 Å². The fraction of sp³-hybridized carbons (Fsp3) is 0.263. The van der Waals surface area contributed by atoms with Crippen LogP contribution in [0.5, 0.6) is 0 Å². The third kappa shape index (κ3) is 4.65. The summed E-state index contributed by atoms with van der Waals surface area (Å²) in [7, 11) is 0. The second kappa shape index (κ2) is 7.55. The molecular weight excluding hydrogens is 374 g/mol. The predicted octanol–water partition coefficient (Wildman–Crippen LogP) is 1.88. The zero-order chi connectivity index (χ0) is 21.2. The number of anilines is 2. The summed E-state index contributed by atoms with van der Waals surface area (Å²) >= 11 is 0. The Hall–Kier alpha value is -4.00. The molecule has 3 aromatic rings. The second-order valence-corrected chi connectivity index (χ2v) is 7.22. The Kier molecular flexibility index (Phi) is 5.14. The molecule has 1 aromatic carbocycles. The van der Waals surface area contributed by atoms with Gasteiger partial charge in [-0.3, -0.25) is 14.3 Å². The summed E-state index contributed by atoms with van der Waals surface area (Å²) in [4.78, 5) is 32.1. The Morgan fingerprint density at radius 1 is 1.28 bits per heavy atom. The van der Waals surface area contributed by atoms with Gasteiger partial charge in [0, 0.05) is 11.1 Å². The first-order valence-corrected chi connectivity index (χ1v) is 8.67. The lowest BCUT2D eigenvalue weighted by Crippen LogP contribution is -2.27. The van der Waals surface area contributed by atoms with Crippen LogP contribution < -0.4 is 11.1 Å². The van der Waals surface area contributed by atoms with Crippen LogP contribution in [0.1, 0.15) is 36.8 Å². The van der Waals surface area contributed by atoms with E-state index in [1.54, 1.807) is 39.0 Å². The van der Waals surface area contributed by atoms with Gasteiger partial charge in [0.05, 0.1) is 23.5 Å². The Labute approximate surface area is 166 Å². The summed E-state index contributed by atoms with van der Waals surface area (Å²) in [5.41, 5.74) is 6.33. The molecule has 0 bridgehead atoms. The smallest absolute Gasteiger partial charge is 0.328 e. The zero-order valence-corrected chi connectivity index (χ0v) is 16.1. The van der Waals surface area contributed by atoms with E-state index in [4.69, 9.17) is 15.7 Å². The van der Waals surface area contributed by atoms with Gasteiger partial charge < -0.3 is 15.8 Å². The lowest BCUT2D eigenvalue weighted by atomic mass is 10.2. The molecule has 0 atom stereocenters. The van der Waals surface area contributed by atoms with Gasteiger partial charge in [0.2, 0.25) is 5.95 Å². The molecule has 0 radical (unpaired) electrons. The Morgan fingerprint density at radius 2 is 1.97 bits per heavy atom. The predicted molar refractivity (Wildman–Crippen MR) is 104 cm³/mol. The molecular formula is C19H19N7O3. The minimum Gasteiger partial charge on any atom is -0.459 e. The number of nitrogens with one attached hydrogen (secondary N) is 1. The average molecular weight is 393 g/mol. The van der Waals surface area contributed by atoms with E-state index in [0.717, 1.165) is 0 Å².